The largest absolute Gasteiger partial charge is 0.464 e. The Bertz CT molecular complexity index is 398. The molecule has 1 aromatic heterocycles. The molecular weight excluding hydrogens is 148 g/mol. The molecule has 0 spiro atoms. The monoisotopic (exact) mass is 158 g/mol. The highest BCUT2D eigenvalue weighted by molar-refractivity contribution is 5.80. The molecule has 12 heavy (non-hydrogen) atoms. The summed E-state index contributed by atoms with van der Waals surface area (Å²) in [5.41, 5.74) is 2.19. The van der Waals surface area contributed by atoms with Gasteiger partial charge in [0.05, 0.1) is 6.26 Å². The van der Waals surface area contributed by atoms with Crippen molar-refractivity contribution in [3.05, 3.63) is 48.7 Å². The molecule has 0 saturated heterocycles. The van der Waals surface area contributed by atoms with E-state index in [1.54, 1.807) is 6.26 Å². The molecule has 0 fully saturated rings. The van der Waals surface area contributed by atoms with Crippen molar-refractivity contribution in [2.45, 2.75) is 6.42 Å². The average molecular weight is 158 g/mol. The molecule has 1 heterocycles. The minimum Gasteiger partial charge on any atom is -0.464 e. The number of benzene rings is 1. The topological polar surface area (TPSA) is 13.1 Å². The second-order valence-corrected chi connectivity index (χ2v) is 2.75. The van der Waals surface area contributed by atoms with E-state index in [4.69, 9.17) is 4.42 Å². The van der Waals surface area contributed by atoms with E-state index in [1.165, 1.54) is 5.56 Å². The van der Waals surface area contributed by atoms with E-state index in [2.05, 4.69) is 12.6 Å². The molecule has 1 nitrogen and oxygen atoms in total. The van der Waals surface area contributed by atoms with Crippen LogP contribution in [0.4, 0.5) is 0 Å². The first-order chi connectivity index (χ1) is 5.92. The van der Waals surface area contributed by atoms with Crippen molar-refractivity contribution in [3.8, 4) is 0 Å². The van der Waals surface area contributed by atoms with Gasteiger partial charge in [-0.2, -0.15) is 0 Å². The standard InChI is InChI=1S/C11H10O/c1-2-4-9-5-3-6-10-7-8-12-11(9)10/h2-3,5-8H,1,4H2. The van der Waals surface area contributed by atoms with Crippen LogP contribution in [0.3, 0.4) is 0 Å². The first-order valence-electron chi connectivity index (χ1n) is 3.98. The van der Waals surface area contributed by atoms with Crippen molar-refractivity contribution in [1.29, 1.82) is 0 Å². The number of para-hydroxylation sites is 1. The number of furan rings is 1. The van der Waals surface area contributed by atoms with Gasteiger partial charge in [-0.3, -0.25) is 0 Å². The van der Waals surface area contributed by atoms with Crippen LogP contribution in [-0.4, -0.2) is 0 Å². The fourth-order valence-electron chi connectivity index (χ4n) is 1.37. The molecule has 0 aliphatic rings. The molecule has 0 unspecified atom stereocenters. The van der Waals surface area contributed by atoms with Crippen molar-refractivity contribution in [1.82, 2.24) is 0 Å². The van der Waals surface area contributed by atoms with Crippen molar-refractivity contribution < 1.29 is 4.42 Å². The molecule has 0 atom stereocenters. The van der Waals surface area contributed by atoms with Gasteiger partial charge in [-0.15, -0.1) is 6.58 Å². The second-order valence-electron chi connectivity index (χ2n) is 2.75. The van der Waals surface area contributed by atoms with Crippen LogP contribution < -0.4 is 0 Å². The summed E-state index contributed by atoms with van der Waals surface area (Å²) in [6.45, 7) is 3.71. The molecular formula is C11H10O. The van der Waals surface area contributed by atoms with Crippen LogP contribution >= 0.6 is 0 Å². The molecule has 0 saturated carbocycles. The Morgan fingerprint density at radius 2 is 2.25 bits per heavy atom. The van der Waals surface area contributed by atoms with E-state index in [0.29, 0.717) is 0 Å². The fraction of sp³-hybridized carbons (Fsp3) is 0.0909. The lowest BCUT2D eigenvalue weighted by Crippen LogP contribution is -1.79. The third-order valence-corrected chi connectivity index (χ3v) is 1.92. The highest BCUT2D eigenvalue weighted by atomic mass is 16.3. The molecule has 2 rings (SSSR count). The first-order valence-corrected chi connectivity index (χ1v) is 3.98. The normalized spacial score (nSPS) is 10.3. The van der Waals surface area contributed by atoms with Crippen LogP contribution in [0.5, 0.6) is 0 Å². The van der Waals surface area contributed by atoms with Gasteiger partial charge in [0.2, 0.25) is 0 Å². The van der Waals surface area contributed by atoms with Crippen LogP contribution in [0.1, 0.15) is 5.56 Å². The van der Waals surface area contributed by atoms with Gasteiger partial charge >= 0.3 is 0 Å². The summed E-state index contributed by atoms with van der Waals surface area (Å²) in [5.74, 6) is 0. The third kappa shape index (κ3) is 1.03. The summed E-state index contributed by atoms with van der Waals surface area (Å²) in [7, 11) is 0. The lowest BCUT2D eigenvalue weighted by Gasteiger charge is -1.96. The minimum atomic E-state index is 0.866. The zero-order chi connectivity index (χ0) is 8.39. The predicted molar refractivity (Wildman–Crippen MR) is 50.1 cm³/mol. The highest BCUT2D eigenvalue weighted by Gasteiger charge is 2.00. The summed E-state index contributed by atoms with van der Waals surface area (Å²) in [5, 5.41) is 1.16. The number of hydrogen-bond acceptors (Lipinski definition) is 1. The minimum absolute atomic E-state index is 0.866. The Morgan fingerprint density at radius 1 is 1.33 bits per heavy atom. The van der Waals surface area contributed by atoms with Crippen LogP contribution in [0.25, 0.3) is 11.0 Å². The maximum Gasteiger partial charge on any atom is 0.137 e. The number of hydrogen-bond donors (Lipinski definition) is 0. The maximum absolute atomic E-state index is 5.35. The zero-order valence-corrected chi connectivity index (χ0v) is 6.79. The van der Waals surface area contributed by atoms with E-state index < -0.39 is 0 Å². The zero-order valence-electron chi connectivity index (χ0n) is 6.79. The quantitative estimate of drug-likeness (QED) is 0.612. The lowest BCUT2D eigenvalue weighted by molar-refractivity contribution is 0.612. The van der Waals surface area contributed by atoms with E-state index in [9.17, 15) is 0 Å². The smallest absolute Gasteiger partial charge is 0.137 e. The van der Waals surface area contributed by atoms with Gasteiger partial charge in [-0.1, -0.05) is 24.3 Å². The number of allylic oxidation sites excluding steroid dienone is 1. The fourth-order valence-corrected chi connectivity index (χ4v) is 1.37. The van der Waals surface area contributed by atoms with Gasteiger partial charge < -0.3 is 4.42 Å². The molecule has 60 valence electrons. The summed E-state index contributed by atoms with van der Waals surface area (Å²) in [6, 6.07) is 8.12. The van der Waals surface area contributed by atoms with E-state index in [0.717, 1.165) is 17.4 Å². The van der Waals surface area contributed by atoms with Crippen molar-refractivity contribution in [2.75, 3.05) is 0 Å². The molecule has 1 heteroatoms. The molecule has 0 bridgehead atoms. The van der Waals surface area contributed by atoms with Crippen molar-refractivity contribution in [3.63, 3.8) is 0 Å². The van der Waals surface area contributed by atoms with Gasteiger partial charge in [-0.25, -0.2) is 0 Å². The summed E-state index contributed by atoms with van der Waals surface area (Å²) < 4.78 is 5.35. The van der Waals surface area contributed by atoms with Crippen LogP contribution in [0, 0.1) is 0 Å². The van der Waals surface area contributed by atoms with Gasteiger partial charge in [0.25, 0.3) is 0 Å². The molecule has 0 aliphatic heterocycles. The molecule has 0 amide bonds. The van der Waals surface area contributed by atoms with Gasteiger partial charge in [0.15, 0.2) is 0 Å². The maximum atomic E-state index is 5.35. The van der Waals surface area contributed by atoms with Crippen LogP contribution in [0.2, 0.25) is 0 Å². The van der Waals surface area contributed by atoms with Crippen LogP contribution in [0.15, 0.2) is 47.6 Å². The van der Waals surface area contributed by atoms with E-state index in [-0.39, 0.29) is 0 Å². The van der Waals surface area contributed by atoms with Gasteiger partial charge in [0.1, 0.15) is 5.58 Å². The SMILES string of the molecule is C=CCc1cccc2ccoc12. The molecule has 0 radical (unpaired) electrons. The Labute approximate surface area is 71.3 Å². The average Bonchev–Trinajstić information content (AvgIpc) is 2.53. The Hall–Kier alpha value is -1.50. The molecule has 1 aromatic carbocycles. The first kappa shape index (κ1) is 7.17. The van der Waals surface area contributed by atoms with Gasteiger partial charge in [0, 0.05) is 5.39 Å². The molecule has 0 N–H and O–H groups in total. The van der Waals surface area contributed by atoms with Crippen molar-refractivity contribution in [2.24, 2.45) is 0 Å². The number of rotatable bonds is 2. The predicted octanol–water partition coefficient (Wildman–Crippen LogP) is 3.16. The Kier molecular flexibility index (Phi) is 1.71. The summed E-state index contributed by atoms with van der Waals surface area (Å²) in [6.07, 6.45) is 4.47. The van der Waals surface area contributed by atoms with Gasteiger partial charge in [-0.05, 0) is 18.1 Å². The van der Waals surface area contributed by atoms with Crippen molar-refractivity contribution >= 4 is 11.0 Å². The Morgan fingerprint density at radius 3 is 3.08 bits per heavy atom. The highest BCUT2D eigenvalue weighted by Crippen LogP contribution is 2.19. The summed E-state index contributed by atoms with van der Waals surface area (Å²) in [4.78, 5) is 0. The number of fused-ring (bicyclic) bond motifs is 1. The van der Waals surface area contributed by atoms with E-state index in [1.807, 2.05) is 24.3 Å². The Balaban J connectivity index is 2.65. The molecule has 2 aromatic rings. The van der Waals surface area contributed by atoms with E-state index >= 15 is 0 Å². The van der Waals surface area contributed by atoms with Crippen LogP contribution in [-0.2, 0) is 6.42 Å². The molecule has 0 aliphatic carbocycles. The second kappa shape index (κ2) is 2.86. The third-order valence-electron chi connectivity index (χ3n) is 1.92. The lowest BCUT2D eigenvalue weighted by atomic mass is 10.1. The summed E-state index contributed by atoms with van der Waals surface area (Å²) >= 11 is 0.